The van der Waals surface area contributed by atoms with E-state index in [0.717, 1.165) is 36.7 Å². The fourth-order valence-corrected chi connectivity index (χ4v) is 5.24. The van der Waals surface area contributed by atoms with E-state index >= 15 is 0 Å². The van der Waals surface area contributed by atoms with E-state index in [-0.39, 0.29) is 5.91 Å². The summed E-state index contributed by atoms with van der Waals surface area (Å²) in [4.78, 5) is 19.5. The van der Waals surface area contributed by atoms with Gasteiger partial charge in [-0.2, -0.15) is 0 Å². The number of ether oxygens (including phenoxy) is 1. The van der Waals surface area contributed by atoms with Gasteiger partial charge >= 0.3 is 0 Å². The number of carbonyl (C=O) groups excluding carboxylic acids is 1. The third-order valence-corrected chi connectivity index (χ3v) is 7.22. The Labute approximate surface area is 224 Å². The molecular formula is C31H35N3O2S. The summed E-state index contributed by atoms with van der Waals surface area (Å²) in [6.45, 7) is 5.07. The molecular weight excluding hydrogens is 478 g/mol. The van der Waals surface area contributed by atoms with Crippen LogP contribution in [-0.2, 0) is 13.1 Å². The molecule has 1 N–H and O–H groups in total. The molecule has 3 aromatic carbocycles. The first-order valence-corrected chi connectivity index (χ1v) is 13.7. The maximum atomic E-state index is 12.4. The fourth-order valence-electron chi connectivity index (χ4n) is 4.42. The van der Waals surface area contributed by atoms with Crippen molar-refractivity contribution >= 4 is 17.2 Å². The Bertz CT molecular complexity index is 1190. The van der Waals surface area contributed by atoms with Crippen LogP contribution in [-0.4, -0.2) is 36.0 Å². The van der Waals surface area contributed by atoms with Crippen LogP contribution >= 0.6 is 11.3 Å². The van der Waals surface area contributed by atoms with Gasteiger partial charge in [0.2, 0.25) is 0 Å². The summed E-state index contributed by atoms with van der Waals surface area (Å²) in [5.41, 5.74) is 4.36. The number of hydrogen-bond donors (Lipinski definition) is 1. The predicted molar refractivity (Wildman–Crippen MR) is 151 cm³/mol. The third kappa shape index (κ3) is 7.75. The van der Waals surface area contributed by atoms with E-state index in [0.29, 0.717) is 24.7 Å². The van der Waals surface area contributed by atoms with Crippen molar-refractivity contribution in [1.82, 2.24) is 15.2 Å². The van der Waals surface area contributed by atoms with E-state index in [4.69, 9.17) is 4.74 Å². The molecule has 0 aliphatic rings. The first kappa shape index (κ1) is 26.6. The van der Waals surface area contributed by atoms with Gasteiger partial charge in [0.15, 0.2) is 0 Å². The van der Waals surface area contributed by atoms with Crippen molar-refractivity contribution in [2.24, 2.45) is 0 Å². The van der Waals surface area contributed by atoms with E-state index in [1.165, 1.54) is 16.7 Å². The third-order valence-electron chi connectivity index (χ3n) is 6.38. The molecule has 4 aromatic rings. The number of hydrogen-bond acceptors (Lipinski definition) is 5. The minimum atomic E-state index is -0.0979. The van der Waals surface area contributed by atoms with Gasteiger partial charge in [-0.25, -0.2) is 4.98 Å². The van der Waals surface area contributed by atoms with Crippen LogP contribution in [0.2, 0.25) is 0 Å². The molecule has 0 unspecified atom stereocenters. The largest absolute Gasteiger partial charge is 0.497 e. The van der Waals surface area contributed by atoms with Crippen LogP contribution in [0.3, 0.4) is 0 Å². The topological polar surface area (TPSA) is 54.5 Å². The number of amides is 1. The lowest BCUT2D eigenvalue weighted by Crippen LogP contribution is -2.26. The van der Waals surface area contributed by atoms with Crippen LogP contribution in [0.5, 0.6) is 5.75 Å². The van der Waals surface area contributed by atoms with Crippen molar-refractivity contribution in [2.45, 2.75) is 38.8 Å². The molecule has 0 radical (unpaired) electrons. The molecule has 6 heteroatoms. The minimum absolute atomic E-state index is 0.0979. The van der Waals surface area contributed by atoms with Gasteiger partial charge in [0.05, 0.1) is 13.7 Å². The number of benzene rings is 3. The van der Waals surface area contributed by atoms with Crippen molar-refractivity contribution < 1.29 is 9.53 Å². The Morgan fingerprint density at radius 2 is 1.59 bits per heavy atom. The summed E-state index contributed by atoms with van der Waals surface area (Å²) in [6, 6.07) is 29.7. The summed E-state index contributed by atoms with van der Waals surface area (Å²) >= 11 is 1.55. The predicted octanol–water partition coefficient (Wildman–Crippen LogP) is 6.52. The normalized spacial score (nSPS) is 11.1. The summed E-state index contributed by atoms with van der Waals surface area (Å²) in [6.07, 6.45) is 1.88. The maximum absolute atomic E-state index is 12.4. The average molecular weight is 514 g/mol. The molecule has 0 aliphatic carbocycles. The zero-order valence-corrected chi connectivity index (χ0v) is 22.4. The molecule has 4 rings (SSSR count). The number of thiazole rings is 1. The average Bonchev–Trinajstić information content (AvgIpc) is 3.42. The Balaban J connectivity index is 1.53. The van der Waals surface area contributed by atoms with Crippen LogP contribution in [0.15, 0.2) is 90.3 Å². The van der Waals surface area contributed by atoms with Crippen molar-refractivity contribution in [2.75, 3.05) is 20.2 Å². The SMILES string of the molecule is CCCNC(=O)c1csc(CN(CCC(c2ccccc2)c2ccccc2)Cc2ccc(OC)cc2)n1. The van der Waals surface area contributed by atoms with Crippen LogP contribution in [0.25, 0.3) is 0 Å². The van der Waals surface area contributed by atoms with E-state index in [2.05, 4.69) is 88.0 Å². The molecule has 1 aromatic heterocycles. The minimum Gasteiger partial charge on any atom is -0.497 e. The van der Waals surface area contributed by atoms with Gasteiger partial charge in [-0.15, -0.1) is 11.3 Å². The van der Waals surface area contributed by atoms with Crippen LogP contribution in [0.1, 0.15) is 57.9 Å². The number of carbonyl (C=O) groups is 1. The van der Waals surface area contributed by atoms with Gasteiger partial charge < -0.3 is 10.1 Å². The molecule has 1 heterocycles. The fraction of sp³-hybridized carbons (Fsp3) is 0.290. The molecule has 0 spiro atoms. The zero-order valence-electron chi connectivity index (χ0n) is 21.6. The Kier molecular flexibility index (Phi) is 9.86. The molecule has 0 atom stereocenters. The van der Waals surface area contributed by atoms with E-state index in [1.54, 1.807) is 18.4 Å². The standard InChI is InChI=1S/C31H35N3O2S/c1-3-19-32-31(35)29-23-37-30(33-29)22-34(21-24-14-16-27(36-2)17-15-24)20-18-28(25-10-6-4-7-11-25)26-12-8-5-9-13-26/h4-17,23,28H,3,18-22H2,1-2H3,(H,32,35). The zero-order chi connectivity index (χ0) is 25.9. The van der Waals surface area contributed by atoms with Gasteiger partial charge in [0, 0.05) is 24.4 Å². The van der Waals surface area contributed by atoms with Crippen molar-refractivity contribution in [3.05, 3.63) is 118 Å². The summed E-state index contributed by atoms with van der Waals surface area (Å²) in [5.74, 6) is 1.05. The Morgan fingerprint density at radius 1 is 0.946 bits per heavy atom. The number of nitrogens with zero attached hydrogens (tertiary/aromatic N) is 2. The van der Waals surface area contributed by atoms with Crippen molar-refractivity contribution in [3.8, 4) is 5.75 Å². The van der Waals surface area contributed by atoms with Crippen LogP contribution < -0.4 is 10.1 Å². The van der Waals surface area contributed by atoms with Crippen molar-refractivity contribution in [1.29, 1.82) is 0 Å². The number of rotatable bonds is 13. The van der Waals surface area contributed by atoms with Gasteiger partial charge in [0.25, 0.3) is 5.91 Å². The molecule has 37 heavy (non-hydrogen) atoms. The van der Waals surface area contributed by atoms with Gasteiger partial charge in [-0.05, 0) is 48.2 Å². The summed E-state index contributed by atoms with van der Waals surface area (Å²) in [5, 5.41) is 5.74. The lowest BCUT2D eigenvalue weighted by molar-refractivity contribution is 0.0949. The van der Waals surface area contributed by atoms with Gasteiger partial charge in [-0.3, -0.25) is 9.69 Å². The molecule has 5 nitrogen and oxygen atoms in total. The second-order valence-corrected chi connectivity index (χ2v) is 10.0. The van der Waals surface area contributed by atoms with Crippen LogP contribution in [0.4, 0.5) is 0 Å². The summed E-state index contributed by atoms with van der Waals surface area (Å²) in [7, 11) is 1.69. The molecule has 0 aliphatic heterocycles. The highest BCUT2D eigenvalue weighted by molar-refractivity contribution is 7.09. The number of aromatic nitrogens is 1. The first-order valence-electron chi connectivity index (χ1n) is 12.8. The molecule has 0 fully saturated rings. The Hall–Kier alpha value is -3.48. The second-order valence-electron chi connectivity index (χ2n) is 9.10. The summed E-state index contributed by atoms with van der Waals surface area (Å²) < 4.78 is 5.34. The quantitative estimate of drug-likeness (QED) is 0.221. The monoisotopic (exact) mass is 513 g/mol. The number of nitrogens with one attached hydrogen (secondary N) is 1. The van der Waals surface area contributed by atoms with Gasteiger partial charge in [-0.1, -0.05) is 79.7 Å². The van der Waals surface area contributed by atoms with E-state index < -0.39 is 0 Å². The number of methoxy groups -OCH3 is 1. The molecule has 0 saturated heterocycles. The highest BCUT2D eigenvalue weighted by atomic mass is 32.1. The van der Waals surface area contributed by atoms with E-state index in [1.807, 2.05) is 24.4 Å². The smallest absolute Gasteiger partial charge is 0.270 e. The maximum Gasteiger partial charge on any atom is 0.270 e. The molecule has 1 amide bonds. The first-order chi connectivity index (χ1) is 18.2. The Morgan fingerprint density at radius 3 is 2.19 bits per heavy atom. The molecule has 0 saturated carbocycles. The molecule has 0 bridgehead atoms. The lowest BCUT2D eigenvalue weighted by atomic mass is 9.88. The second kappa shape index (κ2) is 13.7. The van der Waals surface area contributed by atoms with Gasteiger partial charge in [0.1, 0.15) is 16.5 Å². The van der Waals surface area contributed by atoms with Crippen LogP contribution in [0, 0.1) is 0 Å². The van der Waals surface area contributed by atoms with Crippen molar-refractivity contribution in [3.63, 3.8) is 0 Å². The highest BCUT2D eigenvalue weighted by Gasteiger charge is 2.18. The van der Waals surface area contributed by atoms with E-state index in [9.17, 15) is 4.79 Å². The molecule has 192 valence electrons. The lowest BCUT2D eigenvalue weighted by Gasteiger charge is -2.25. The highest BCUT2D eigenvalue weighted by Crippen LogP contribution is 2.29.